The fourth-order valence-electron chi connectivity index (χ4n) is 5.59. The molecule has 0 bridgehead atoms. The smallest absolute Gasteiger partial charge is 0.241 e. The Hall–Kier alpha value is -1.43. The van der Waals surface area contributed by atoms with Crippen LogP contribution in [0, 0.1) is 0 Å². The van der Waals surface area contributed by atoms with Gasteiger partial charge >= 0.3 is 0 Å². The predicted molar refractivity (Wildman–Crippen MR) is 116 cm³/mol. The average Bonchev–Trinajstić information content (AvgIpc) is 3.10. The molecule has 160 valence electrons. The summed E-state index contributed by atoms with van der Waals surface area (Å²) in [6.07, 6.45) is 5.25. The maximum atomic E-state index is 13.8. The molecular weight excluding hydrogens is 362 g/mol. The van der Waals surface area contributed by atoms with Crippen LogP contribution in [-0.4, -0.2) is 72.2 Å². The van der Waals surface area contributed by atoms with Gasteiger partial charge in [-0.25, -0.2) is 0 Å². The summed E-state index contributed by atoms with van der Waals surface area (Å²) in [6.45, 7) is 11.5. The molecule has 0 aromatic heterocycles. The number of rotatable bonds is 5. The lowest BCUT2D eigenvalue weighted by Crippen LogP contribution is -2.65. The van der Waals surface area contributed by atoms with Gasteiger partial charge in [-0.1, -0.05) is 31.2 Å². The summed E-state index contributed by atoms with van der Waals surface area (Å²) >= 11 is 0. The Bertz CT molecular complexity index is 679. The highest BCUT2D eigenvalue weighted by atomic mass is 16.5. The molecule has 5 nitrogen and oxygen atoms in total. The second-order valence-corrected chi connectivity index (χ2v) is 9.41. The van der Waals surface area contributed by atoms with Gasteiger partial charge in [0.25, 0.3) is 0 Å². The molecule has 29 heavy (non-hydrogen) atoms. The molecule has 2 fully saturated rings. The molecule has 0 spiro atoms. The largest absolute Gasteiger partial charge is 0.373 e. The van der Waals surface area contributed by atoms with Crippen LogP contribution in [0.3, 0.4) is 0 Å². The van der Waals surface area contributed by atoms with Crippen molar-refractivity contribution in [2.24, 2.45) is 0 Å². The molecule has 1 N–H and O–H groups in total. The second kappa shape index (κ2) is 8.75. The number of ether oxygens (including phenoxy) is 1. The quantitative estimate of drug-likeness (QED) is 0.827. The van der Waals surface area contributed by atoms with E-state index in [1.165, 1.54) is 24.1 Å². The first-order valence-corrected chi connectivity index (χ1v) is 11.5. The number of nitrogens with zero attached hydrogens (tertiary/aromatic N) is 2. The topological polar surface area (TPSA) is 44.8 Å². The van der Waals surface area contributed by atoms with Gasteiger partial charge in [-0.05, 0) is 50.8 Å². The Morgan fingerprint density at radius 2 is 1.69 bits per heavy atom. The molecule has 2 atom stereocenters. The maximum absolute atomic E-state index is 13.8. The normalized spacial score (nSPS) is 28.2. The van der Waals surface area contributed by atoms with Crippen LogP contribution in [0.4, 0.5) is 0 Å². The van der Waals surface area contributed by atoms with Crippen LogP contribution in [0.2, 0.25) is 0 Å². The molecule has 1 aliphatic carbocycles. The van der Waals surface area contributed by atoms with E-state index >= 15 is 0 Å². The molecule has 5 heteroatoms. The first-order valence-electron chi connectivity index (χ1n) is 11.5. The third kappa shape index (κ3) is 4.37. The van der Waals surface area contributed by atoms with Gasteiger partial charge in [-0.3, -0.25) is 9.69 Å². The van der Waals surface area contributed by atoms with E-state index in [0.717, 1.165) is 51.9 Å². The SMILES string of the molecule is CCCN1CCC(NC(=O)C2(N3C[C@@H](C)O[C@@H](C)C3)Cc3ccccc3C2)CC1. The molecule has 2 saturated heterocycles. The summed E-state index contributed by atoms with van der Waals surface area (Å²) in [5.41, 5.74) is 2.18. The molecule has 2 heterocycles. The third-order valence-electron chi connectivity index (χ3n) is 6.99. The molecule has 3 aliphatic rings. The summed E-state index contributed by atoms with van der Waals surface area (Å²) in [4.78, 5) is 18.8. The number of benzene rings is 1. The number of likely N-dealkylation sites (tertiary alicyclic amines) is 1. The molecular formula is C24H37N3O2. The minimum absolute atomic E-state index is 0.157. The minimum Gasteiger partial charge on any atom is -0.373 e. The number of fused-ring (bicyclic) bond motifs is 1. The summed E-state index contributed by atoms with van der Waals surface area (Å²) in [5, 5.41) is 3.48. The highest BCUT2D eigenvalue weighted by Crippen LogP contribution is 2.37. The third-order valence-corrected chi connectivity index (χ3v) is 6.99. The fraction of sp³-hybridized carbons (Fsp3) is 0.708. The number of hydrogen-bond acceptors (Lipinski definition) is 4. The molecule has 0 saturated carbocycles. The van der Waals surface area contributed by atoms with E-state index in [0.29, 0.717) is 6.04 Å². The Labute approximate surface area is 175 Å². The van der Waals surface area contributed by atoms with Crippen molar-refractivity contribution in [3.05, 3.63) is 35.4 Å². The Kier molecular flexibility index (Phi) is 6.28. The van der Waals surface area contributed by atoms with Crippen molar-refractivity contribution >= 4 is 5.91 Å². The van der Waals surface area contributed by atoms with Crippen LogP contribution in [0.15, 0.2) is 24.3 Å². The lowest BCUT2D eigenvalue weighted by molar-refractivity contribution is -0.145. The second-order valence-electron chi connectivity index (χ2n) is 9.41. The van der Waals surface area contributed by atoms with Gasteiger partial charge in [-0.15, -0.1) is 0 Å². The van der Waals surface area contributed by atoms with Gasteiger partial charge in [0, 0.05) is 45.1 Å². The maximum Gasteiger partial charge on any atom is 0.241 e. The number of carbonyl (C=O) groups excluding carboxylic acids is 1. The number of carbonyl (C=O) groups is 1. The molecule has 1 aromatic rings. The highest BCUT2D eigenvalue weighted by Gasteiger charge is 2.50. The molecule has 4 rings (SSSR count). The van der Waals surface area contributed by atoms with Crippen molar-refractivity contribution in [3.8, 4) is 0 Å². The Balaban J connectivity index is 1.51. The Morgan fingerprint density at radius 3 is 2.24 bits per heavy atom. The molecule has 1 amide bonds. The summed E-state index contributed by atoms with van der Waals surface area (Å²) in [5.74, 6) is 0.226. The van der Waals surface area contributed by atoms with Crippen LogP contribution >= 0.6 is 0 Å². The van der Waals surface area contributed by atoms with Gasteiger partial charge in [0.15, 0.2) is 0 Å². The number of hydrogen-bond donors (Lipinski definition) is 1. The van der Waals surface area contributed by atoms with Gasteiger partial charge in [-0.2, -0.15) is 0 Å². The monoisotopic (exact) mass is 399 g/mol. The first kappa shape index (κ1) is 20.8. The van der Waals surface area contributed by atoms with Crippen molar-refractivity contribution in [2.45, 2.75) is 76.7 Å². The zero-order valence-corrected chi connectivity index (χ0v) is 18.3. The van der Waals surface area contributed by atoms with Gasteiger partial charge in [0.2, 0.25) is 5.91 Å². The standard InChI is InChI=1S/C24H37N3O2/c1-4-11-26-12-9-22(10-13-26)25-23(28)24(27-16-18(2)29-19(3)17-27)14-20-7-5-6-8-21(20)15-24/h5-8,18-19,22H,4,9-17H2,1-3H3,(H,25,28)/t18-,19+. The minimum atomic E-state index is -0.476. The number of piperidine rings is 1. The zero-order chi connectivity index (χ0) is 20.4. The molecule has 2 aliphatic heterocycles. The van der Waals surface area contributed by atoms with Crippen LogP contribution < -0.4 is 5.32 Å². The van der Waals surface area contributed by atoms with Crippen molar-refractivity contribution in [1.29, 1.82) is 0 Å². The van der Waals surface area contributed by atoms with Crippen LogP contribution in [-0.2, 0) is 22.4 Å². The van der Waals surface area contributed by atoms with E-state index < -0.39 is 5.54 Å². The van der Waals surface area contributed by atoms with E-state index in [1.54, 1.807) is 0 Å². The lowest BCUT2D eigenvalue weighted by atomic mass is 9.89. The lowest BCUT2D eigenvalue weighted by Gasteiger charge is -2.46. The zero-order valence-electron chi connectivity index (χ0n) is 18.3. The van der Waals surface area contributed by atoms with E-state index in [-0.39, 0.29) is 18.1 Å². The van der Waals surface area contributed by atoms with E-state index in [9.17, 15) is 4.79 Å². The van der Waals surface area contributed by atoms with Crippen LogP contribution in [0.5, 0.6) is 0 Å². The Morgan fingerprint density at radius 1 is 1.10 bits per heavy atom. The summed E-state index contributed by atoms with van der Waals surface area (Å²) < 4.78 is 5.98. The highest BCUT2D eigenvalue weighted by molar-refractivity contribution is 5.88. The van der Waals surface area contributed by atoms with E-state index in [4.69, 9.17) is 4.74 Å². The van der Waals surface area contributed by atoms with E-state index in [1.807, 2.05) is 0 Å². The molecule has 1 aromatic carbocycles. The van der Waals surface area contributed by atoms with Crippen LogP contribution in [0.1, 0.15) is 51.2 Å². The van der Waals surface area contributed by atoms with Gasteiger partial charge < -0.3 is 15.0 Å². The van der Waals surface area contributed by atoms with Gasteiger partial charge in [0.1, 0.15) is 5.54 Å². The summed E-state index contributed by atoms with van der Waals surface area (Å²) in [7, 11) is 0. The first-order chi connectivity index (χ1) is 14.0. The van der Waals surface area contributed by atoms with E-state index in [2.05, 4.69) is 60.2 Å². The number of nitrogens with one attached hydrogen (secondary N) is 1. The van der Waals surface area contributed by atoms with Crippen LogP contribution in [0.25, 0.3) is 0 Å². The number of amides is 1. The van der Waals surface area contributed by atoms with Gasteiger partial charge in [0.05, 0.1) is 12.2 Å². The predicted octanol–water partition coefficient (Wildman–Crippen LogP) is 2.62. The van der Waals surface area contributed by atoms with Crippen molar-refractivity contribution < 1.29 is 9.53 Å². The van der Waals surface area contributed by atoms with Crippen molar-refractivity contribution in [1.82, 2.24) is 15.1 Å². The average molecular weight is 400 g/mol. The number of morpholine rings is 1. The van der Waals surface area contributed by atoms with Crippen molar-refractivity contribution in [3.63, 3.8) is 0 Å². The summed E-state index contributed by atoms with van der Waals surface area (Å²) in [6, 6.07) is 8.89. The van der Waals surface area contributed by atoms with Crippen molar-refractivity contribution in [2.75, 3.05) is 32.7 Å². The molecule has 0 radical (unpaired) electrons. The fourth-order valence-corrected chi connectivity index (χ4v) is 5.59. The molecule has 0 unspecified atom stereocenters.